The van der Waals surface area contributed by atoms with E-state index in [1.54, 1.807) is 29.5 Å². The van der Waals surface area contributed by atoms with E-state index in [1.807, 2.05) is 0 Å². The molecule has 8 nitrogen and oxygen atoms in total. The van der Waals surface area contributed by atoms with Crippen LogP contribution >= 0.6 is 0 Å². The van der Waals surface area contributed by atoms with Crippen molar-refractivity contribution in [1.82, 2.24) is 15.2 Å². The molecule has 2 aromatic rings. The number of pyridine rings is 1. The van der Waals surface area contributed by atoms with Crippen LogP contribution in [0.4, 0.5) is 0 Å². The van der Waals surface area contributed by atoms with Crippen molar-refractivity contribution >= 4 is 22.8 Å². The molecule has 4 rings (SSSR count). The molecule has 152 valence electrons. The van der Waals surface area contributed by atoms with Crippen molar-refractivity contribution in [2.45, 2.75) is 56.7 Å². The molecule has 2 aromatic heterocycles. The van der Waals surface area contributed by atoms with Gasteiger partial charge in [-0.15, -0.1) is 0 Å². The Morgan fingerprint density at radius 2 is 2.10 bits per heavy atom. The molecular weight excluding hydrogens is 370 g/mol. The summed E-state index contributed by atoms with van der Waals surface area (Å²) >= 11 is 0. The number of nitrogens with two attached hydrogens (primary N) is 1. The van der Waals surface area contributed by atoms with Crippen LogP contribution in [0.15, 0.2) is 29.0 Å². The highest BCUT2D eigenvalue weighted by molar-refractivity contribution is 5.95. The van der Waals surface area contributed by atoms with E-state index >= 15 is 0 Å². The third kappa shape index (κ3) is 3.96. The van der Waals surface area contributed by atoms with E-state index in [0.29, 0.717) is 17.8 Å². The van der Waals surface area contributed by atoms with E-state index in [4.69, 9.17) is 10.2 Å². The van der Waals surface area contributed by atoms with Gasteiger partial charge >= 0.3 is 0 Å². The molecule has 2 fully saturated rings. The van der Waals surface area contributed by atoms with Crippen molar-refractivity contribution < 1.29 is 14.0 Å². The SMILES string of the molecule is N#CC1CCCN1C(=O)[C@@H](N)C1CCC(NC(=O)c2cc3occc3cn2)CC1. The van der Waals surface area contributed by atoms with Gasteiger partial charge in [-0.05, 0) is 50.5 Å². The molecule has 3 heterocycles. The van der Waals surface area contributed by atoms with Gasteiger partial charge in [0.05, 0.1) is 18.4 Å². The molecule has 2 aliphatic rings. The number of hydrogen-bond donors (Lipinski definition) is 2. The first-order valence-corrected chi connectivity index (χ1v) is 10.2. The second kappa shape index (κ2) is 8.21. The van der Waals surface area contributed by atoms with Gasteiger partial charge < -0.3 is 20.4 Å². The van der Waals surface area contributed by atoms with E-state index in [1.165, 1.54) is 0 Å². The standard InChI is InChI=1S/C21H25N5O3/c22-11-16-2-1-8-26(16)21(28)19(23)13-3-5-15(6-4-13)25-20(27)17-10-18-14(12-24-17)7-9-29-18/h7,9-10,12-13,15-16,19H,1-6,8,23H2,(H,25,27)/t13?,15?,16?,19-/m0/s1. The number of carbonyl (C=O) groups excluding carboxylic acids is 2. The van der Waals surface area contributed by atoms with Gasteiger partial charge in [-0.25, -0.2) is 0 Å². The fourth-order valence-electron chi connectivity index (χ4n) is 4.42. The topological polar surface area (TPSA) is 125 Å². The number of rotatable bonds is 4. The van der Waals surface area contributed by atoms with E-state index < -0.39 is 6.04 Å². The lowest BCUT2D eigenvalue weighted by molar-refractivity contribution is -0.134. The highest BCUT2D eigenvalue weighted by atomic mass is 16.3. The molecule has 3 N–H and O–H groups in total. The predicted octanol–water partition coefficient (Wildman–Crippen LogP) is 1.96. The summed E-state index contributed by atoms with van der Waals surface area (Å²) in [5.41, 5.74) is 7.23. The Kier molecular flexibility index (Phi) is 5.49. The Morgan fingerprint density at radius 3 is 2.86 bits per heavy atom. The molecule has 0 aromatic carbocycles. The lowest BCUT2D eigenvalue weighted by Crippen LogP contribution is -2.50. The first-order valence-electron chi connectivity index (χ1n) is 10.2. The van der Waals surface area contributed by atoms with Crippen molar-refractivity contribution in [2.24, 2.45) is 11.7 Å². The van der Waals surface area contributed by atoms with Gasteiger partial charge in [0.2, 0.25) is 5.91 Å². The van der Waals surface area contributed by atoms with Gasteiger partial charge in [0.25, 0.3) is 5.91 Å². The van der Waals surface area contributed by atoms with Crippen LogP contribution in [0.3, 0.4) is 0 Å². The molecule has 1 saturated carbocycles. The molecule has 1 aliphatic carbocycles. The van der Waals surface area contributed by atoms with E-state index in [-0.39, 0.29) is 29.8 Å². The predicted molar refractivity (Wildman–Crippen MR) is 106 cm³/mol. The van der Waals surface area contributed by atoms with Crippen LogP contribution in [0, 0.1) is 17.2 Å². The van der Waals surface area contributed by atoms with Crippen LogP contribution in [0.1, 0.15) is 49.0 Å². The lowest BCUT2D eigenvalue weighted by atomic mass is 9.81. The molecule has 0 radical (unpaired) electrons. The highest BCUT2D eigenvalue weighted by Gasteiger charge is 2.36. The summed E-state index contributed by atoms with van der Waals surface area (Å²) in [6.45, 7) is 0.614. The zero-order valence-corrected chi connectivity index (χ0v) is 16.2. The minimum absolute atomic E-state index is 0.0359. The van der Waals surface area contributed by atoms with Gasteiger partial charge in [-0.1, -0.05) is 0 Å². The first-order chi connectivity index (χ1) is 14.1. The van der Waals surface area contributed by atoms with Crippen LogP contribution in [0.2, 0.25) is 0 Å². The summed E-state index contributed by atoms with van der Waals surface area (Å²) in [5.74, 6) is -0.258. The number of nitrogens with one attached hydrogen (secondary N) is 1. The summed E-state index contributed by atoms with van der Waals surface area (Å²) in [7, 11) is 0. The molecule has 0 spiro atoms. The van der Waals surface area contributed by atoms with Crippen LogP contribution < -0.4 is 11.1 Å². The summed E-state index contributed by atoms with van der Waals surface area (Å²) < 4.78 is 5.33. The minimum atomic E-state index is -0.580. The fourth-order valence-corrected chi connectivity index (χ4v) is 4.42. The molecular formula is C21H25N5O3. The van der Waals surface area contributed by atoms with E-state index in [2.05, 4.69) is 16.4 Å². The molecule has 8 heteroatoms. The molecule has 2 atom stereocenters. The number of hydrogen-bond acceptors (Lipinski definition) is 6. The minimum Gasteiger partial charge on any atom is -0.464 e. The van der Waals surface area contributed by atoms with Crippen molar-refractivity contribution in [2.75, 3.05) is 6.54 Å². The van der Waals surface area contributed by atoms with Crippen LogP contribution in [-0.2, 0) is 4.79 Å². The van der Waals surface area contributed by atoms with Crippen LogP contribution in [0.5, 0.6) is 0 Å². The molecule has 1 unspecified atom stereocenters. The normalized spacial score (nSPS) is 25.5. The summed E-state index contributed by atoms with van der Waals surface area (Å²) in [5, 5.41) is 13.1. The maximum Gasteiger partial charge on any atom is 0.270 e. The van der Waals surface area contributed by atoms with E-state index in [0.717, 1.165) is 43.9 Å². The molecule has 1 aliphatic heterocycles. The Bertz CT molecular complexity index is 941. The smallest absolute Gasteiger partial charge is 0.270 e. The molecule has 1 saturated heterocycles. The van der Waals surface area contributed by atoms with Crippen molar-refractivity contribution in [3.63, 3.8) is 0 Å². The Labute approximate surface area is 169 Å². The number of carbonyl (C=O) groups is 2. The Morgan fingerprint density at radius 1 is 1.31 bits per heavy atom. The average Bonchev–Trinajstić information content (AvgIpc) is 3.41. The van der Waals surface area contributed by atoms with Gasteiger partial charge in [-0.2, -0.15) is 5.26 Å². The number of nitriles is 1. The largest absolute Gasteiger partial charge is 0.464 e. The number of likely N-dealkylation sites (tertiary alicyclic amines) is 1. The molecule has 29 heavy (non-hydrogen) atoms. The third-order valence-electron chi connectivity index (χ3n) is 6.16. The van der Waals surface area contributed by atoms with Crippen LogP contribution in [0.25, 0.3) is 11.0 Å². The van der Waals surface area contributed by atoms with Crippen molar-refractivity contribution in [3.8, 4) is 6.07 Å². The number of amides is 2. The van der Waals surface area contributed by atoms with E-state index in [9.17, 15) is 14.9 Å². The Hall–Kier alpha value is -2.92. The average molecular weight is 395 g/mol. The maximum absolute atomic E-state index is 12.7. The Balaban J connectivity index is 1.30. The first kappa shape index (κ1) is 19.4. The quantitative estimate of drug-likeness (QED) is 0.815. The fraction of sp³-hybridized carbons (Fsp3) is 0.524. The summed E-state index contributed by atoms with van der Waals surface area (Å²) in [6.07, 6.45) is 7.85. The second-order valence-corrected chi connectivity index (χ2v) is 7.96. The zero-order valence-electron chi connectivity index (χ0n) is 16.2. The number of nitrogens with zero attached hydrogens (tertiary/aromatic N) is 3. The number of fused-ring (bicyclic) bond motifs is 1. The van der Waals surface area contributed by atoms with Gasteiger partial charge in [0, 0.05) is 30.2 Å². The van der Waals surface area contributed by atoms with Gasteiger partial charge in [0.15, 0.2) is 0 Å². The molecule has 0 bridgehead atoms. The third-order valence-corrected chi connectivity index (χ3v) is 6.16. The summed E-state index contributed by atoms with van der Waals surface area (Å²) in [6, 6.07) is 4.76. The highest BCUT2D eigenvalue weighted by Crippen LogP contribution is 2.29. The monoisotopic (exact) mass is 395 g/mol. The summed E-state index contributed by atoms with van der Waals surface area (Å²) in [4.78, 5) is 31.1. The second-order valence-electron chi connectivity index (χ2n) is 7.96. The van der Waals surface area contributed by atoms with Crippen molar-refractivity contribution in [1.29, 1.82) is 5.26 Å². The van der Waals surface area contributed by atoms with Gasteiger partial charge in [-0.3, -0.25) is 14.6 Å². The van der Waals surface area contributed by atoms with Gasteiger partial charge in [0.1, 0.15) is 17.3 Å². The van der Waals surface area contributed by atoms with Crippen molar-refractivity contribution in [3.05, 3.63) is 30.3 Å². The molecule has 2 amide bonds. The number of aromatic nitrogens is 1. The number of furan rings is 1. The van der Waals surface area contributed by atoms with Crippen LogP contribution in [-0.4, -0.2) is 46.4 Å². The lowest BCUT2D eigenvalue weighted by Gasteiger charge is -2.34. The zero-order chi connectivity index (χ0) is 20.4. The maximum atomic E-state index is 12.7.